The van der Waals surface area contributed by atoms with Crippen molar-refractivity contribution in [2.24, 2.45) is 0 Å². The van der Waals surface area contributed by atoms with Gasteiger partial charge in [0.25, 0.3) is 0 Å². The Morgan fingerprint density at radius 3 is 2.50 bits per heavy atom. The number of rotatable bonds is 11. The van der Waals surface area contributed by atoms with E-state index in [1.807, 2.05) is 73.7 Å². The molecule has 0 radical (unpaired) electrons. The molecule has 1 heterocycles. The number of carbonyl (C=O) groups is 2. The topological polar surface area (TPSA) is 98.6 Å². The molecule has 36 heavy (non-hydrogen) atoms. The smallest absolute Gasteiger partial charge is 0.249 e. The van der Waals surface area contributed by atoms with Crippen molar-refractivity contribution in [2.75, 3.05) is 31.8 Å². The molecule has 0 aliphatic carbocycles. The summed E-state index contributed by atoms with van der Waals surface area (Å²) in [6, 6.07) is 22.9. The summed E-state index contributed by atoms with van der Waals surface area (Å²) in [4.78, 5) is 29.1. The van der Waals surface area contributed by atoms with Crippen LogP contribution in [-0.2, 0) is 20.9 Å². The minimum absolute atomic E-state index is 0.115. The number of hydrogen-bond acceptors (Lipinski definition) is 6. The number of fused-ring (bicyclic) bond motifs is 1. The first kappa shape index (κ1) is 24.9. The number of aromatic nitrogens is 3. The van der Waals surface area contributed by atoms with E-state index in [0.29, 0.717) is 42.3 Å². The van der Waals surface area contributed by atoms with Crippen LogP contribution < -0.4 is 15.0 Å². The highest BCUT2D eigenvalue weighted by molar-refractivity contribution is 6.02. The summed E-state index contributed by atoms with van der Waals surface area (Å²) in [6.45, 7) is 2.82. The molecular weight excluding hydrogens is 458 g/mol. The lowest BCUT2D eigenvalue weighted by Crippen LogP contribution is -2.46. The van der Waals surface area contributed by atoms with Crippen molar-refractivity contribution in [3.63, 3.8) is 0 Å². The van der Waals surface area contributed by atoms with Crippen molar-refractivity contribution in [1.82, 2.24) is 20.3 Å². The standard InChI is InChI=1S/C27H29N5O4/c1-3-36-24-16-10-9-15-23(24)32(25(33)19-31-22-14-8-7-13-21(22)29-30-31)26(20-11-5-4-6-12-20)27(34)28-17-18-35-2/h4-16,26H,3,17-19H2,1-2H3,(H,28,34). The van der Waals surface area contributed by atoms with E-state index in [2.05, 4.69) is 15.6 Å². The number of anilines is 1. The van der Waals surface area contributed by atoms with Crippen LogP contribution >= 0.6 is 0 Å². The fourth-order valence-electron chi connectivity index (χ4n) is 4.02. The highest BCUT2D eigenvalue weighted by Gasteiger charge is 2.34. The maximum absolute atomic E-state index is 14.0. The summed E-state index contributed by atoms with van der Waals surface area (Å²) >= 11 is 0. The predicted molar refractivity (Wildman–Crippen MR) is 137 cm³/mol. The Morgan fingerprint density at radius 1 is 1.00 bits per heavy atom. The van der Waals surface area contributed by atoms with Gasteiger partial charge in [-0.25, -0.2) is 4.68 Å². The Hall–Kier alpha value is -4.24. The van der Waals surface area contributed by atoms with E-state index in [1.54, 1.807) is 23.9 Å². The van der Waals surface area contributed by atoms with Crippen LogP contribution in [0.25, 0.3) is 11.0 Å². The molecule has 4 rings (SSSR count). The van der Waals surface area contributed by atoms with Gasteiger partial charge in [-0.15, -0.1) is 5.10 Å². The molecule has 0 saturated carbocycles. The molecule has 1 atom stereocenters. The van der Waals surface area contributed by atoms with Crippen LogP contribution in [0.15, 0.2) is 78.9 Å². The summed E-state index contributed by atoms with van der Waals surface area (Å²) in [5.41, 5.74) is 2.56. The Labute approximate surface area is 209 Å². The molecule has 3 aromatic carbocycles. The molecule has 0 aliphatic heterocycles. The van der Waals surface area contributed by atoms with Crippen molar-refractivity contribution in [3.05, 3.63) is 84.4 Å². The first-order chi connectivity index (χ1) is 17.6. The zero-order valence-corrected chi connectivity index (χ0v) is 20.3. The summed E-state index contributed by atoms with van der Waals surface area (Å²) in [7, 11) is 1.57. The van der Waals surface area contributed by atoms with Gasteiger partial charge in [0, 0.05) is 13.7 Å². The molecule has 0 saturated heterocycles. The van der Waals surface area contributed by atoms with Crippen LogP contribution in [-0.4, -0.2) is 53.7 Å². The number of nitrogens with zero attached hydrogens (tertiary/aromatic N) is 4. The zero-order valence-electron chi connectivity index (χ0n) is 20.3. The van der Waals surface area contributed by atoms with E-state index >= 15 is 0 Å². The summed E-state index contributed by atoms with van der Waals surface area (Å²) in [5, 5.41) is 11.2. The van der Waals surface area contributed by atoms with Crippen molar-refractivity contribution in [2.45, 2.75) is 19.5 Å². The van der Waals surface area contributed by atoms with Gasteiger partial charge in [0.1, 0.15) is 23.9 Å². The van der Waals surface area contributed by atoms with Gasteiger partial charge in [-0.3, -0.25) is 14.5 Å². The number of methoxy groups -OCH3 is 1. The lowest BCUT2D eigenvalue weighted by Gasteiger charge is -2.32. The zero-order chi connectivity index (χ0) is 25.3. The molecule has 1 aromatic heterocycles. The quantitative estimate of drug-likeness (QED) is 0.326. The second-order valence-electron chi connectivity index (χ2n) is 8.00. The molecule has 1 N–H and O–H groups in total. The summed E-state index contributed by atoms with van der Waals surface area (Å²) < 4.78 is 12.5. The molecule has 0 aliphatic rings. The SMILES string of the molecule is CCOc1ccccc1N(C(=O)Cn1nnc2ccccc21)C(C(=O)NCCOC)c1ccccc1. The minimum atomic E-state index is -0.952. The van der Waals surface area contributed by atoms with Gasteiger partial charge in [-0.05, 0) is 36.8 Å². The monoisotopic (exact) mass is 487 g/mol. The maximum Gasteiger partial charge on any atom is 0.249 e. The van der Waals surface area contributed by atoms with E-state index in [1.165, 1.54) is 4.90 Å². The highest BCUT2D eigenvalue weighted by Crippen LogP contribution is 2.35. The lowest BCUT2D eigenvalue weighted by atomic mass is 10.0. The fourth-order valence-corrected chi connectivity index (χ4v) is 4.02. The van der Waals surface area contributed by atoms with Crippen molar-refractivity contribution in [1.29, 1.82) is 0 Å². The molecule has 1 unspecified atom stereocenters. The van der Waals surface area contributed by atoms with Gasteiger partial charge in [0.15, 0.2) is 0 Å². The van der Waals surface area contributed by atoms with E-state index in [0.717, 1.165) is 5.52 Å². The van der Waals surface area contributed by atoms with E-state index in [9.17, 15) is 9.59 Å². The molecule has 9 heteroatoms. The van der Waals surface area contributed by atoms with Gasteiger partial charge < -0.3 is 14.8 Å². The average Bonchev–Trinajstić information content (AvgIpc) is 3.31. The fraction of sp³-hybridized carbons (Fsp3) is 0.259. The Bertz CT molecular complexity index is 1310. The molecule has 0 spiro atoms. The van der Waals surface area contributed by atoms with E-state index in [4.69, 9.17) is 9.47 Å². The molecule has 2 amide bonds. The highest BCUT2D eigenvalue weighted by atomic mass is 16.5. The third kappa shape index (κ3) is 5.52. The second kappa shape index (κ2) is 11.9. The van der Waals surface area contributed by atoms with Crippen LogP contribution in [0.5, 0.6) is 5.75 Å². The predicted octanol–water partition coefficient (Wildman–Crippen LogP) is 3.37. The van der Waals surface area contributed by atoms with Gasteiger partial charge in [-0.1, -0.05) is 59.8 Å². The van der Waals surface area contributed by atoms with Crippen molar-refractivity contribution >= 4 is 28.5 Å². The number of nitrogens with one attached hydrogen (secondary N) is 1. The van der Waals surface area contributed by atoms with Gasteiger partial charge in [0.05, 0.1) is 24.4 Å². The first-order valence-corrected chi connectivity index (χ1v) is 11.8. The number of benzene rings is 3. The normalized spacial score (nSPS) is 11.7. The lowest BCUT2D eigenvalue weighted by molar-refractivity contribution is -0.127. The first-order valence-electron chi connectivity index (χ1n) is 11.8. The molecule has 4 aromatic rings. The van der Waals surface area contributed by atoms with Crippen LogP contribution in [0.4, 0.5) is 5.69 Å². The van der Waals surface area contributed by atoms with Crippen molar-refractivity contribution in [3.8, 4) is 5.75 Å². The minimum Gasteiger partial charge on any atom is -0.492 e. The summed E-state index contributed by atoms with van der Waals surface area (Å²) in [5.74, 6) is -0.169. The van der Waals surface area contributed by atoms with Crippen LogP contribution in [0, 0.1) is 0 Å². The van der Waals surface area contributed by atoms with Gasteiger partial charge in [-0.2, -0.15) is 0 Å². The largest absolute Gasteiger partial charge is 0.492 e. The second-order valence-corrected chi connectivity index (χ2v) is 8.00. The third-order valence-electron chi connectivity index (χ3n) is 5.63. The molecular formula is C27H29N5O4. The van der Waals surface area contributed by atoms with E-state index in [-0.39, 0.29) is 18.4 Å². The van der Waals surface area contributed by atoms with Crippen LogP contribution in [0.3, 0.4) is 0 Å². The number of carbonyl (C=O) groups excluding carboxylic acids is 2. The number of ether oxygens (including phenoxy) is 2. The van der Waals surface area contributed by atoms with Crippen LogP contribution in [0.2, 0.25) is 0 Å². The van der Waals surface area contributed by atoms with Crippen LogP contribution in [0.1, 0.15) is 18.5 Å². The molecule has 0 bridgehead atoms. The van der Waals surface area contributed by atoms with Gasteiger partial charge in [0.2, 0.25) is 11.8 Å². The molecule has 186 valence electrons. The number of hydrogen-bond donors (Lipinski definition) is 1. The summed E-state index contributed by atoms with van der Waals surface area (Å²) in [6.07, 6.45) is 0. The molecule has 9 nitrogen and oxygen atoms in total. The van der Waals surface area contributed by atoms with Gasteiger partial charge >= 0.3 is 0 Å². The van der Waals surface area contributed by atoms with Crippen molar-refractivity contribution < 1.29 is 19.1 Å². The number of para-hydroxylation sites is 3. The molecule has 0 fully saturated rings. The Balaban J connectivity index is 1.80. The Kier molecular flexibility index (Phi) is 8.25. The van der Waals surface area contributed by atoms with E-state index < -0.39 is 6.04 Å². The third-order valence-corrected chi connectivity index (χ3v) is 5.63. The Morgan fingerprint density at radius 2 is 1.72 bits per heavy atom. The average molecular weight is 488 g/mol. The maximum atomic E-state index is 14.0. The number of amides is 2.